The highest BCUT2D eigenvalue weighted by molar-refractivity contribution is 7.20. The van der Waals surface area contributed by atoms with Gasteiger partial charge in [-0.3, -0.25) is 14.3 Å². The van der Waals surface area contributed by atoms with Gasteiger partial charge in [-0.15, -0.1) is 11.3 Å². The van der Waals surface area contributed by atoms with Crippen LogP contribution in [-0.4, -0.2) is 40.5 Å². The average molecular weight is 408 g/mol. The third kappa shape index (κ3) is 4.41. The summed E-state index contributed by atoms with van der Waals surface area (Å²) in [7, 11) is 0.840. The molecule has 0 saturated carbocycles. The van der Waals surface area contributed by atoms with Crippen molar-refractivity contribution in [3.8, 4) is 0 Å². The Kier molecular flexibility index (Phi) is 5.58. The van der Waals surface area contributed by atoms with E-state index in [9.17, 15) is 27.6 Å². The zero-order valence-corrected chi connectivity index (χ0v) is 16.1. The van der Waals surface area contributed by atoms with Gasteiger partial charge < -0.3 is 9.47 Å². The van der Waals surface area contributed by atoms with Gasteiger partial charge in [0.05, 0.1) is 11.9 Å². The Morgan fingerprint density at radius 2 is 1.85 bits per heavy atom. The van der Waals surface area contributed by atoms with Crippen molar-refractivity contribution in [3.63, 3.8) is 0 Å². The number of H-pyrrole nitrogens is 1. The molecule has 0 fully saturated rings. The van der Waals surface area contributed by atoms with Crippen molar-refractivity contribution in [2.24, 2.45) is 0 Å². The number of methoxy groups -OCH3 is 1. The first-order valence-corrected chi connectivity index (χ1v) is 8.67. The third-order valence-electron chi connectivity index (χ3n) is 3.65. The van der Waals surface area contributed by atoms with E-state index < -0.39 is 41.6 Å². The Balaban J connectivity index is 2.59. The van der Waals surface area contributed by atoms with Crippen LogP contribution < -0.4 is 11.2 Å². The molecule has 1 unspecified atom stereocenters. The number of carbonyl (C=O) groups is 1. The predicted octanol–water partition coefficient (Wildman–Crippen LogP) is 2.59. The summed E-state index contributed by atoms with van der Waals surface area (Å²) in [6, 6.07) is 0. The molecule has 0 radical (unpaired) electrons. The van der Waals surface area contributed by atoms with Crippen LogP contribution in [0.4, 0.5) is 13.2 Å². The number of aromatic amines is 1. The van der Waals surface area contributed by atoms with Gasteiger partial charge in [0.15, 0.2) is 6.10 Å². The Morgan fingerprint density at radius 1 is 1.26 bits per heavy atom. The van der Waals surface area contributed by atoms with E-state index in [-0.39, 0.29) is 20.7 Å². The third-order valence-corrected chi connectivity index (χ3v) is 4.84. The minimum Gasteiger partial charge on any atom is -0.456 e. The average Bonchev–Trinajstić information content (AvgIpc) is 2.81. The van der Waals surface area contributed by atoms with Gasteiger partial charge >= 0.3 is 17.8 Å². The van der Waals surface area contributed by atoms with Gasteiger partial charge in [-0.1, -0.05) is 0 Å². The lowest BCUT2D eigenvalue weighted by molar-refractivity contribution is -0.216. The maximum atomic E-state index is 12.9. The second kappa shape index (κ2) is 7.12. The smallest absolute Gasteiger partial charge is 0.416 e. The van der Waals surface area contributed by atoms with Gasteiger partial charge in [0, 0.05) is 7.11 Å². The number of carbonyl (C=O) groups excluding carboxylic acids is 1. The lowest BCUT2D eigenvalue weighted by Crippen LogP contribution is -2.43. The van der Waals surface area contributed by atoms with E-state index in [1.54, 1.807) is 20.8 Å². The quantitative estimate of drug-likeness (QED) is 0.786. The molecule has 0 saturated heterocycles. The zero-order chi connectivity index (χ0) is 20.7. The number of fused-ring (bicyclic) bond motifs is 1. The number of hydrogen-bond acceptors (Lipinski definition) is 6. The van der Waals surface area contributed by atoms with Crippen molar-refractivity contribution in [2.45, 2.75) is 52.1 Å². The molecule has 0 amide bonds. The molecule has 150 valence electrons. The van der Waals surface area contributed by atoms with Crippen LogP contribution in [0.25, 0.3) is 10.2 Å². The summed E-state index contributed by atoms with van der Waals surface area (Å²) >= 11 is 0.843. The summed E-state index contributed by atoms with van der Waals surface area (Å²) in [5.74, 6) is -0.682. The molecule has 2 aromatic heterocycles. The maximum absolute atomic E-state index is 12.9. The highest BCUT2D eigenvalue weighted by Gasteiger charge is 2.41. The molecule has 0 aliphatic rings. The molecule has 1 atom stereocenters. The van der Waals surface area contributed by atoms with Crippen LogP contribution in [0.1, 0.15) is 36.0 Å². The van der Waals surface area contributed by atoms with E-state index in [0.29, 0.717) is 4.57 Å². The molecule has 7 nitrogen and oxygen atoms in total. The van der Waals surface area contributed by atoms with Crippen LogP contribution in [0.5, 0.6) is 0 Å². The molecule has 0 aliphatic heterocycles. The SMILES string of the molecule is COC(Cn1c(=O)[nH]c2sc(C(=O)OC(C)(C)C)c(C)c2c1=O)C(F)(F)F. The minimum absolute atomic E-state index is 0.0301. The van der Waals surface area contributed by atoms with E-state index in [1.807, 2.05) is 0 Å². The number of rotatable bonds is 4. The van der Waals surface area contributed by atoms with E-state index in [1.165, 1.54) is 6.92 Å². The zero-order valence-electron chi connectivity index (χ0n) is 15.3. The highest BCUT2D eigenvalue weighted by Crippen LogP contribution is 2.28. The van der Waals surface area contributed by atoms with Gasteiger partial charge in [-0.2, -0.15) is 13.2 Å². The molecule has 2 aromatic rings. The normalized spacial score (nSPS) is 13.8. The molecular formula is C16H19F3N2O5S. The molecule has 0 spiro atoms. The molecule has 27 heavy (non-hydrogen) atoms. The molecule has 0 aromatic carbocycles. The van der Waals surface area contributed by atoms with Crippen molar-refractivity contribution >= 4 is 27.5 Å². The number of alkyl halides is 3. The first kappa shape index (κ1) is 21.2. The second-order valence-electron chi connectivity index (χ2n) is 6.87. The number of halogens is 3. The molecule has 1 N–H and O–H groups in total. The fourth-order valence-electron chi connectivity index (χ4n) is 2.41. The first-order valence-electron chi connectivity index (χ1n) is 7.85. The highest BCUT2D eigenvalue weighted by atomic mass is 32.1. The number of ether oxygens (including phenoxy) is 2. The summed E-state index contributed by atoms with van der Waals surface area (Å²) in [5.41, 5.74) is -2.48. The van der Waals surface area contributed by atoms with Crippen LogP contribution >= 0.6 is 11.3 Å². The number of thiophene rings is 1. The number of nitrogens with one attached hydrogen (secondary N) is 1. The van der Waals surface area contributed by atoms with Gasteiger partial charge in [-0.05, 0) is 33.3 Å². The Labute approximate surface area is 155 Å². The van der Waals surface area contributed by atoms with E-state index in [2.05, 4.69) is 9.72 Å². The molecule has 2 rings (SSSR count). The molecule has 0 aliphatic carbocycles. The van der Waals surface area contributed by atoms with Gasteiger partial charge in [0.2, 0.25) is 0 Å². The standard InChI is InChI=1S/C16H19F3N2O5S/c1-7-9-11(27-10(7)13(23)26-15(2,3)4)20-14(24)21(12(9)22)6-8(25-5)16(17,18)19/h8H,6H2,1-5H3,(H,20,24). The van der Waals surface area contributed by atoms with Crippen molar-refractivity contribution in [3.05, 3.63) is 31.3 Å². The summed E-state index contributed by atoms with van der Waals surface area (Å²) in [5, 5.41) is -0.0301. The fraction of sp³-hybridized carbons (Fsp3) is 0.562. The maximum Gasteiger partial charge on any atom is 0.416 e. The van der Waals surface area contributed by atoms with Crippen molar-refractivity contribution in [1.82, 2.24) is 9.55 Å². The van der Waals surface area contributed by atoms with Gasteiger partial charge in [0.1, 0.15) is 15.3 Å². The number of aromatic nitrogens is 2. The minimum atomic E-state index is -4.75. The topological polar surface area (TPSA) is 90.4 Å². The lowest BCUT2D eigenvalue weighted by atomic mass is 10.2. The van der Waals surface area contributed by atoms with Crippen LogP contribution in [0, 0.1) is 6.92 Å². The molecular weight excluding hydrogens is 389 g/mol. The molecule has 2 heterocycles. The van der Waals surface area contributed by atoms with Gasteiger partial charge in [-0.25, -0.2) is 9.59 Å². The molecule has 0 bridgehead atoms. The number of aryl methyl sites for hydroxylation is 1. The first-order chi connectivity index (χ1) is 12.3. The van der Waals surface area contributed by atoms with Crippen LogP contribution in [0.15, 0.2) is 9.59 Å². The molecule has 11 heteroatoms. The number of hydrogen-bond donors (Lipinski definition) is 1. The Morgan fingerprint density at radius 3 is 2.33 bits per heavy atom. The summed E-state index contributed by atoms with van der Waals surface area (Å²) in [6.45, 7) is 5.49. The van der Waals surface area contributed by atoms with E-state index >= 15 is 0 Å². The largest absolute Gasteiger partial charge is 0.456 e. The lowest BCUT2D eigenvalue weighted by Gasteiger charge is -2.19. The van der Waals surface area contributed by atoms with Crippen LogP contribution in [-0.2, 0) is 16.0 Å². The van der Waals surface area contributed by atoms with Crippen LogP contribution in [0.3, 0.4) is 0 Å². The fourth-order valence-corrected chi connectivity index (χ4v) is 3.48. The predicted molar refractivity (Wildman–Crippen MR) is 93.5 cm³/mol. The Hall–Kier alpha value is -2.14. The van der Waals surface area contributed by atoms with Crippen molar-refractivity contribution in [1.29, 1.82) is 0 Å². The summed E-state index contributed by atoms with van der Waals surface area (Å²) < 4.78 is 48.8. The van der Waals surface area contributed by atoms with Crippen molar-refractivity contribution in [2.75, 3.05) is 7.11 Å². The van der Waals surface area contributed by atoms with Crippen LogP contribution in [0.2, 0.25) is 0 Å². The van der Waals surface area contributed by atoms with Crippen molar-refractivity contribution < 1.29 is 27.4 Å². The Bertz CT molecular complexity index is 981. The van der Waals surface area contributed by atoms with Gasteiger partial charge in [0.25, 0.3) is 5.56 Å². The number of esters is 1. The van der Waals surface area contributed by atoms with E-state index in [0.717, 1.165) is 18.4 Å². The summed E-state index contributed by atoms with van der Waals surface area (Å²) in [4.78, 5) is 39.6. The summed E-state index contributed by atoms with van der Waals surface area (Å²) in [6.07, 6.45) is -7.07. The monoisotopic (exact) mass is 408 g/mol. The van der Waals surface area contributed by atoms with E-state index in [4.69, 9.17) is 4.74 Å². The second-order valence-corrected chi connectivity index (χ2v) is 7.89. The number of nitrogens with zero attached hydrogens (tertiary/aromatic N) is 1.